The molecule has 0 N–H and O–H groups in total. The maximum atomic E-state index is 9.97. The Morgan fingerprint density at radius 2 is 2.38 bits per heavy atom. The standard InChI is InChI=1S/C6H3NO/c8-3-5-1-4-2-6(4)7-5/h1-3H. The van der Waals surface area contributed by atoms with Gasteiger partial charge in [0.25, 0.3) is 0 Å². The Morgan fingerprint density at radius 1 is 1.50 bits per heavy atom. The van der Waals surface area contributed by atoms with Crippen molar-refractivity contribution in [2.45, 2.75) is 0 Å². The predicted molar refractivity (Wildman–Crippen MR) is 28.6 cm³/mol. The topological polar surface area (TPSA) is 30.0 Å². The van der Waals surface area contributed by atoms with Gasteiger partial charge in [-0.3, -0.25) is 4.79 Å². The molecule has 0 aromatic heterocycles. The highest BCUT2D eigenvalue weighted by Crippen LogP contribution is 2.31. The number of nitrogens with zero attached hydrogens (tertiary/aromatic N) is 1. The molecule has 2 heteroatoms. The summed E-state index contributed by atoms with van der Waals surface area (Å²) in [5, 5.41) is 0. The Labute approximate surface area is 46.2 Å². The van der Waals surface area contributed by atoms with Crippen LogP contribution in [0.1, 0.15) is 10.5 Å². The van der Waals surface area contributed by atoms with Crippen molar-refractivity contribution in [3.63, 3.8) is 0 Å². The lowest BCUT2D eigenvalue weighted by atomic mass is 10.4. The van der Waals surface area contributed by atoms with Crippen LogP contribution in [0.3, 0.4) is 0 Å². The van der Waals surface area contributed by atoms with Crippen LogP contribution in [0, 0.1) is 0 Å². The molecule has 2 aliphatic rings. The molecule has 0 saturated heterocycles. The van der Waals surface area contributed by atoms with Crippen LogP contribution in [0.4, 0.5) is 0 Å². The molecule has 0 amide bonds. The second-order valence-corrected chi connectivity index (χ2v) is 1.78. The van der Waals surface area contributed by atoms with Crippen LogP contribution in [0.5, 0.6) is 0 Å². The zero-order valence-electron chi connectivity index (χ0n) is 4.09. The van der Waals surface area contributed by atoms with Gasteiger partial charge in [0, 0.05) is 5.56 Å². The minimum atomic E-state index is 0.553. The van der Waals surface area contributed by atoms with E-state index in [0.29, 0.717) is 5.69 Å². The van der Waals surface area contributed by atoms with E-state index in [4.69, 9.17) is 0 Å². The number of carbonyl (C=O) groups excluding carboxylic acids is 1. The van der Waals surface area contributed by atoms with Crippen LogP contribution >= 0.6 is 0 Å². The maximum Gasteiger partial charge on any atom is 0.168 e. The summed E-state index contributed by atoms with van der Waals surface area (Å²) < 4.78 is 0. The molecule has 38 valence electrons. The largest absolute Gasteiger partial charge is 0.296 e. The smallest absolute Gasteiger partial charge is 0.168 e. The van der Waals surface area contributed by atoms with Crippen LogP contribution in [0.25, 0.3) is 11.3 Å². The number of fused-ring (bicyclic) bond motifs is 1. The zero-order chi connectivity index (χ0) is 5.56. The fraction of sp³-hybridized carbons (Fsp3) is 0. The van der Waals surface area contributed by atoms with Gasteiger partial charge in [-0.25, -0.2) is 4.98 Å². The fourth-order valence-electron chi connectivity index (χ4n) is 0.715. The highest BCUT2D eigenvalue weighted by atomic mass is 16.1. The lowest BCUT2D eigenvalue weighted by molar-refractivity contribution is 0.111. The average molecular weight is 105 g/mol. The molecule has 1 heterocycles. The molecule has 2 rings (SSSR count). The normalized spacial score (nSPS) is 11.0. The third kappa shape index (κ3) is 0.320. The van der Waals surface area contributed by atoms with Crippen LogP contribution in [-0.4, -0.2) is 11.3 Å². The maximum absolute atomic E-state index is 9.97. The number of hydrogen-bond donors (Lipinski definition) is 0. The van der Waals surface area contributed by atoms with Gasteiger partial charge in [-0.05, 0) is 12.1 Å². The van der Waals surface area contributed by atoms with E-state index in [1.165, 1.54) is 0 Å². The molecule has 2 nitrogen and oxygen atoms in total. The van der Waals surface area contributed by atoms with E-state index in [0.717, 1.165) is 17.5 Å². The Balaban J connectivity index is 2.58. The van der Waals surface area contributed by atoms with E-state index < -0.39 is 0 Å². The molecule has 0 saturated carbocycles. The van der Waals surface area contributed by atoms with Crippen molar-refractivity contribution in [1.29, 1.82) is 0 Å². The lowest BCUT2D eigenvalue weighted by Gasteiger charge is -1.68. The van der Waals surface area contributed by atoms with E-state index in [1.807, 2.05) is 6.07 Å². The Morgan fingerprint density at radius 3 is 2.75 bits per heavy atom. The van der Waals surface area contributed by atoms with Crippen molar-refractivity contribution in [2.75, 3.05) is 0 Å². The van der Waals surface area contributed by atoms with Gasteiger partial charge in [-0.1, -0.05) is 0 Å². The summed E-state index contributed by atoms with van der Waals surface area (Å²) in [6.45, 7) is 0. The molecule has 0 atom stereocenters. The first-order valence-electron chi connectivity index (χ1n) is 2.38. The van der Waals surface area contributed by atoms with Crippen LogP contribution in [0.2, 0.25) is 0 Å². The van der Waals surface area contributed by atoms with Gasteiger partial charge in [0.05, 0.1) is 5.69 Å². The quantitative estimate of drug-likeness (QED) is 0.504. The van der Waals surface area contributed by atoms with E-state index >= 15 is 0 Å². The minimum Gasteiger partial charge on any atom is -0.296 e. The highest BCUT2D eigenvalue weighted by molar-refractivity contribution is 5.85. The SMILES string of the molecule is O=Cc1cc2cc-2n1. The van der Waals surface area contributed by atoms with E-state index in [2.05, 4.69) is 4.98 Å². The summed E-state index contributed by atoms with van der Waals surface area (Å²) in [7, 11) is 0. The van der Waals surface area contributed by atoms with Crippen LogP contribution in [0.15, 0.2) is 12.1 Å². The van der Waals surface area contributed by atoms with Gasteiger partial charge < -0.3 is 0 Å². The van der Waals surface area contributed by atoms with Gasteiger partial charge in [0.1, 0.15) is 5.69 Å². The summed E-state index contributed by atoms with van der Waals surface area (Å²) in [5.41, 5.74) is 2.65. The number of aldehydes is 1. The van der Waals surface area contributed by atoms with Gasteiger partial charge in [-0.15, -0.1) is 0 Å². The molecule has 0 radical (unpaired) electrons. The lowest BCUT2D eigenvalue weighted by Crippen LogP contribution is -1.73. The van der Waals surface area contributed by atoms with Gasteiger partial charge in [-0.2, -0.15) is 0 Å². The summed E-state index contributed by atoms with van der Waals surface area (Å²) in [5.74, 6) is 0. The molecule has 0 aromatic carbocycles. The molecule has 0 fully saturated rings. The number of carbonyl (C=O) groups is 1. The minimum absolute atomic E-state index is 0.553. The molecule has 1 aliphatic heterocycles. The van der Waals surface area contributed by atoms with Gasteiger partial charge in [0.2, 0.25) is 0 Å². The van der Waals surface area contributed by atoms with E-state index in [9.17, 15) is 4.79 Å². The summed E-state index contributed by atoms with van der Waals surface area (Å²) in [6, 6.07) is 3.72. The first-order chi connectivity index (χ1) is 3.90. The molecule has 1 aliphatic carbocycles. The monoisotopic (exact) mass is 105 g/mol. The fourth-order valence-corrected chi connectivity index (χ4v) is 0.715. The Bertz CT molecular complexity index is 234. The molecular weight excluding hydrogens is 102 g/mol. The van der Waals surface area contributed by atoms with Crippen molar-refractivity contribution in [2.24, 2.45) is 0 Å². The van der Waals surface area contributed by atoms with Crippen molar-refractivity contribution >= 4 is 6.29 Å². The summed E-state index contributed by atoms with van der Waals surface area (Å²) in [6.07, 6.45) is 0.764. The predicted octanol–water partition coefficient (Wildman–Crippen LogP) is 0.875. The van der Waals surface area contributed by atoms with Crippen molar-refractivity contribution in [3.05, 3.63) is 17.8 Å². The number of aromatic nitrogens is 1. The third-order valence-corrected chi connectivity index (χ3v) is 1.18. The molecular formula is C6H3NO. The Hall–Kier alpha value is -1.18. The molecule has 0 unspecified atom stereocenters. The third-order valence-electron chi connectivity index (χ3n) is 1.18. The molecule has 8 heavy (non-hydrogen) atoms. The first-order valence-corrected chi connectivity index (χ1v) is 2.38. The second kappa shape index (κ2) is 0.968. The van der Waals surface area contributed by atoms with Crippen molar-refractivity contribution < 1.29 is 4.79 Å². The van der Waals surface area contributed by atoms with Gasteiger partial charge in [0.15, 0.2) is 6.29 Å². The Kier molecular flexibility index (Phi) is 0.457. The molecule has 0 spiro atoms. The number of pyridine rings is 1. The van der Waals surface area contributed by atoms with Crippen molar-refractivity contribution in [1.82, 2.24) is 4.98 Å². The second-order valence-electron chi connectivity index (χ2n) is 1.78. The van der Waals surface area contributed by atoms with Crippen molar-refractivity contribution in [3.8, 4) is 11.3 Å². The van der Waals surface area contributed by atoms with Crippen LogP contribution in [-0.2, 0) is 0 Å². The van der Waals surface area contributed by atoms with E-state index in [-0.39, 0.29) is 0 Å². The molecule has 0 bridgehead atoms. The number of rotatable bonds is 1. The molecule has 0 aromatic rings. The zero-order valence-corrected chi connectivity index (χ0v) is 4.09. The first kappa shape index (κ1) is 3.78. The highest BCUT2D eigenvalue weighted by Gasteiger charge is 2.14. The van der Waals surface area contributed by atoms with E-state index in [1.54, 1.807) is 6.07 Å². The van der Waals surface area contributed by atoms with Crippen LogP contribution < -0.4 is 0 Å². The summed E-state index contributed by atoms with van der Waals surface area (Å²) >= 11 is 0. The number of hydrogen-bond acceptors (Lipinski definition) is 2. The average Bonchev–Trinajstić information content (AvgIpc) is 2.40. The van der Waals surface area contributed by atoms with Gasteiger partial charge >= 0.3 is 0 Å². The summed E-state index contributed by atoms with van der Waals surface area (Å²) in [4.78, 5) is 13.9.